The molecule has 4 heteroatoms. The molecule has 0 radical (unpaired) electrons. The quantitative estimate of drug-likeness (QED) is 0.840. The smallest absolute Gasteiger partial charge is 0.258 e. The first-order valence-electron chi connectivity index (χ1n) is 8.57. The third-order valence-corrected chi connectivity index (χ3v) is 4.49. The third-order valence-electron chi connectivity index (χ3n) is 4.49. The van der Waals surface area contributed by atoms with Crippen LogP contribution in [-0.4, -0.2) is 38.1 Å². The van der Waals surface area contributed by atoms with Crippen LogP contribution in [0.3, 0.4) is 0 Å². The molecule has 4 nitrogen and oxygen atoms in total. The molecule has 0 bridgehead atoms. The second kappa shape index (κ2) is 8.67. The van der Waals surface area contributed by atoms with E-state index in [4.69, 9.17) is 4.74 Å². The first-order chi connectivity index (χ1) is 11.9. The molecule has 0 heterocycles. The highest BCUT2D eigenvalue weighted by atomic mass is 16.5. The lowest BCUT2D eigenvalue weighted by Crippen LogP contribution is -2.36. The van der Waals surface area contributed by atoms with E-state index >= 15 is 0 Å². The summed E-state index contributed by atoms with van der Waals surface area (Å²) < 4.78 is 5.67. The van der Waals surface area contributed by atoms with E-state index in [2.05, 4.69) is 41.4 Å². The molecule has 0 aliphatic heterocycles. The van der Waals surface area contributed by atoms with Crippen molar-refractivity contribution in [2.24, 2.45) is 0 Å². The summed E-state index contributed by atoms with van der Waals surface area (Å²) in [5.41, 5.74) is 4.64. The molecular formula is C21H28N2O2. The minimum Gasteiger partial charge on any atom is -0.483 e. The number of carbonyl (C=O) groups is 1. The lowest BCUT2D eigenvalue weighted by atomic mass is 10.0. The number of nitrogens with one attached hydrogen (secondary N) is 1. The summed E-state index contributed by atoms with van der Waals surface area (Å²) in [6, 6.07) is 14.4. The van der Waals surface area contributed by atoms with E-state index in [0.717, 1.165) is 16.9 Å². The van der Waals surface area contributed by atoms with Gasteiger partial charge in [0.2, 0.25) is 0 Å². The number of benzene rings is 2. The fraction of sp³-hybridized carbons (Fsp3) is 0.381. The largest absolute Gasteiger partial charge is 0.483 e. The summed E-state index contributed by atoms with van der Waals surface area (Å²) >= 11 is 0. The summed E-state index contributed by atoms with van der Waals surface area (Å²) in [5.74, 6) is 0.651. The van der Waals surface area contributed by atoms with Gasteiger partial charge in [0.15, 0.2) is 6.61 Å². The Labute approximate surface area is 150 Å². The Balaban J connectivity index is 1.90. The molecule has 2 rings (SSSR count). The average molecular weight is 340 g/mol. The molecular weight excluding hydrogens is 312 g/mol. The Hall–Kier alpha value is -2.33. The Bertz CT molecular complexity index is 708. The topological polar surface area (TPSA) is 41.6 Å². The van der Waals surface area contributed by atoms with E-state index in [9.17, 15) is 4.79 Å². The zero-order valence-corrected chi connectivity index (χ0v) is 15.8. The molecule has 0 aromatic heterocycles. The molecule has 1 atom stereocenters. The van der Waals surface area contributed by atoms with Gasteiger partial charge in [0, 0.05) is 6.54 Å². The zero-order chi connectivity index (χ0) is 18.4. The summed E-state index contributed by atoms with van der Waals surface area (Å²) in [6.45, 7) is 6.68. The number of nitrogens with zero attached hydrogens (tertiary/aromatic N) is 1. The van der Waals surface area contributed by atoms with Crippen LogP contribution < -0.4 is 10.1 Å². The van der Waals surface area contributed by atoms with Crippen LogP contribution in [0.4, 0.5) is 0 Å². The Morgan fingerprint density at radius 2 is 1.76 bits per heavy atom. The number of amides is 1. The lowest BCUT2D eigenvalue weighted by Gasteiger charge is -2.25. The van der Waals surface area contributed by atoms with Crippen molar-refractivity contribution in [1.82, 2.24) is 10.2 Å². The van der Waals surface area contributed by atoms with Crippen molar-refractivity contribution in [2.45, 2.75) is 26.8 Å². The van der Waals surface area contributed by atoms with Crippen molar-refractivity contribution in [3.63, 3.8) is 0 Å². The SMILES string of the molecule is Cc1ccc(C(CNC(=O)COc2cccc(C)c2C)N(C)C)cc1. The normalized spacial score (nSPS) is 12.1. The van der Waals surface area contributed by atoms with Gasteiger partial charge in [-0.25, -0.2) is 0 Å². The van der Waals surface area contributed by atoms with Crippen molar-refractivity contribution in [3.8, 4) is 5.75 Å². The lowest BCUT2D eigenvalue weighted by molar-refractivity contribution is -0.123. The van der Waals surface area contributed by atoms with Crippen LogP contribution in [-0.2, 0) is 4.79 Å². The van der Waals surface area contributed by atoms with Gasteiger partial charge < -0.3 is 15.0 Å². The van der Waals surface area contributed by atoms with E-state index in [1.54, 1.807) is 0 Å². The van der Waals surface area contributed by atoms with E-state index in [-0.39, 0.29) is 18.6 Å². The number of rotatable bonds is 7. The summed E-state index contributed by atoms with van der Waals surface area (Å²) in [4.78, 5) is 14.3. The minimum atomic E-state index is -0.111. The molecule has 1 N–H and O–H groups in total. The number of likely N-dealkylation sites (N-methyl/N-ethyl adjacent to an activating group) is 1. The number of hydrogen-bond acceptors (Lipinski definition) is 3. The summed E-state index contributed by atoms with van der Waals surface area (Å²) in [7, 11) is 4.03. The zero-order valence-electron chi connectivity index (χ0n) is 15.8. The van der Waals surface area contributed by atoms with Gasteiger partial charge in [-0.05, 0) is 57.6 Å². The number of carbonyl (C=O) groups excluding carboxylic acids is 1. The molecule has 0 saturated heterocycles. The maximum Gasteiger partial charge on any atom is 0.258 e. The van der Waals surface area contributed by atoms with Crippen molar-refractivity contribution >= 4 is 5.91 Å². The second-order valence-electron chi connectivity index (χ2n) is 6.68. The van der Waals surface area contributed by atoms with Crippen LogP contribution in [0.1, 0.15) is 28.3 Å². The Morgan fingerprint density at radius 3 is 2.40 bits per heavy atom. The maximum atomic E-state index is 12.2. The molecule has 1 amide bonds. The van der Waals surface area contributed by atoms with Crippen molar-refractivity contribution < 1.29 is 9.53 Å². The van der Waals surface area contributed by atoms with Crippen LogP contribution >= 0.6 is 0 Å². The first kappa shape index (κ1) is 19.0. The number of aryl methyl sites for hydroxylation is 2. The molecule has 25 heavy (non-hydrogen) atoms. The van der Waals surface area contributed by atoms with Gasteiger partial charge in [0.05, 0.1) is 6.04 Å². The Kier molecular flexibility index (Phi) is 6.59. The van der Waals surface area contributed by atoms with Gasteiger partial charge in [-0.15, -0.1) is 0 Å². The molecule has 0 aliphatic rings. The fourth-order valence-electron chi connectivity index (χ4n) is 2.67. The molecule has 2 aromatic rings. The monoisotopic (exact) mass is 340 g/mol. The van der Waals surface area contributed by atoms with Crippen LogP contribution in [0.5, 0.6) is 5.75 Å². The highest BCUT2D eigenvalue weighted by molar-refractivity contribution is 5.77. The molecule has 2 aromatic carbocycles. The van der Waals surface area contributed by atoms with Crippen LogP contribution in [0.15, 0.2) is 42.5 Å². The first-order valence-corrected chi connectivity index (χ1v) is 8.57. The number of hydrogen-bond donors (Lipinski definition) is 1. The molecule has 1 unspecified atom stereocenters. The molecule has 0 aliphatic carbocycles. The van der Waals surface area contributed by atoms with Gasteiger partial charge in [-0.2, -0.15) is 0 Å². The van der Waals surface area contributed by atoms with E-state index in [1.165, 1.54) is 11.1 Å². The minimum absolute atomic E-state index is 0.0261. The molecule has 0 saturated carbocycles. The van der Waals surface area contributed by atoms with Crippen LogP contribution in [0.25, 0.3) is 0 Å². The fourth-order valence-corrected chi connectivity index (χ4v) is 2.67. The van der Waals surface area contributed by atoms with Gasteiger partial charge >= 0.3 is 0 Å². The summed E-state index contributed by atoms with van der Waals surface area (Å²) in [6.07, 6.45) is 0. The second-order valence-corrected chi connectivity index (χ2v) is 6.68. The van der Waals surface area contributed by atoms with E-state index in [1.807, 2.05) is 46.1 Å². The van der Waals surface area contributed by atoms with E-state index in [0.29, 0.717) is 6.54 Å². The molecule has 134 valence electrons. The van der Waals surface area contributed by atoms with Crippen LogP contribution in [0.2, 0.25) is 0 Å². The standard InChI is InChI=1S/C21H28N2O2/c1-15-9-11-18(12-10-15)19(23(4)5)13-22-21(24)14-25-20-8-6-7-16(2)17(20)3/h6-12,19H,13-14H2,1-5H3,(H,22,24). The highest BCUT2D eigenvalue weighted by Gasteiger charge is 2.15. The van der Waals surface area contributed by atoms with Gasteiger partial charge in [0.25, 0.3) is 5.91 Å². The van der Waals surface area contributed by atoms with Crippen molar-refractivity contribution in [1.29, 1.82) is 0 Å². The predicted molar refractivity (Wildman–Crippen MR) is 102 cm³/mol. The Morgan fingerprint density at radius 1 is 1.08 bits per heavy atom. The maximum absolute atomic E-state index is 12.2. The van der Waals surface area contributed by atoms with Gasteiger partial charge in [0.1, 0.15) is 5.75 Å². The van der Waals surface area contributed by atoms with E-state index < -0.39 is 0 Å². The van der Waals surface area contributed by atoms with Crippen molar-refractivity contribution in [2.75, 3.05) is 27.2 Å². The summed E-state index contributed by atoms with van der Waals surface area (Å²) in [5, 5.41) is 2.98. The highest BCUT2D eigenvalue weighted by Crippen LogP contribution is 2.20. The van der Waals surface area contributed by atoms with Gasteiger partial charge in [-0.1, -0.05) is 42.0 Å². The number of ether oxygens (including phenoxy) is 1. The average Bonchev–Trinajstić information content (AvgIpc) is 2.57. The van der Waals surface area contributed by atoms with Crippen LogP contribution in [0, 0.1) is 20.8 Å². The molecule has 0 fully saturated rings. The predicted octanol–water partition coefficient (Wildman–Crippen LogP) is 3.41. The third kappa shape index (κ3) is 5.33. The van der Waals surface area contributed by atoms with Crippen molar-refractivity contribution in [3.05, 3.63) is 64.7 Å². The van der Waals surface area contributed by atoms with Gasteiger partial charge in [-0.3, -0.25) is 4.79 Å². The molecule has 0 spiro atoms.